The Morgan fingerprint density at radius 3 is 2.57 bits per heavy atom. The molecule has 2 aromatic carbocycles. The monoisotopic (exact) mass is 388 g/mol. The first-order chi connectivity index (χ1) is 13.4. The van der Waals surface area contributed by atoms with E-state index in [1.807, 2.05) is 30.3 Å². The summed E-state index contributed by atoms with van der Waals surface area (Å²) < 4.78 is 45.0. The third kappa shape index (κ3) is 3.55. The van der Waals surface area contributed by atoms with E-state index in [0.29, 0.717) is 0 Å². The third-order valence-electron chi connectivity index (χ3n) is 4.58. The van der Waals surface area contributed by atoms with Gasteiger partial charge in [-0.25, -0.2) is 4.99 Å². The maximum absolute atomic E-state index is 12.8. The standard InChI is InChI=1S/C19H15F3N4O2/c20-19(21,22)14-7-4-8-15(11-14)23-17(27)24-16-12-26(25-28-16)18(9-10-18)13-5-2-1-3-6-13/h1-8,11-12H,9-10H2,(H-,23,24,25,27). The molecule has 6 nitrogen and oxygen atoms in total. The Labute approximate surface area is 157 Å². The molecule has 1 fully saturated rings. The molecule has 0 spiro atoms. The molecule has 1 aromatic heterocycles. The summed E-state index contributed by atoms with van der Waals surface area (Å²) in [6.45, 7) is 0. The van der Waals surface area contributed by atoms with Crippen LogP contribution in [0.5, 0.6) is 0 Å². The summed E-state index contributed by atoms with van der Waals surface area (Å²) in [5.41, 5.74) is -0.107. The van der Waals surface area contributed by atoms with Gasteiger partial charge in [-0.3, -0.25) is 4.52 Å². The number of amidine groups is 1. The highest BCUT2D eigenvalue weighted by atomic mass is 19.4. The van der Waals surface area contributed by atoms with Crippen molar-refractivity contribution in [2.75, 3.05) is 5.32 Å². The van der Waals surface area contributed by atoms with Crippen molar-refractivity contribution in [2.45, 2.75) is 24.6 Å². The van der Waals surface area contributed by atoms with E-state index in [2.05, 4.69) is 15.6 Å². The SMILES string of the molecule is [O-]C(=Nc1c[n+](C2(c3ccccc3)CC2)no1)Nc1cccc(C(F)(F)F)c1. The van der Waals surface area contributed by atoms with Gasteiger partial charge in [0, 0.05) is 24.1 Å². The normalized spacial score (nSPS) is 16.0. The molecule has 0 amide bonds. The van der Waals surface area contributed by atoms with Crippen LogP contribution in [0.3, 0.4) is 0 Å². The highest BCUT2D eigenvalue weighted by Crippen LogP contribution is 2.44. The largest absolute Gasteiger partial charge is 0.846 e. The number of hydrogen-bond acceptors (Lipinski definition) is 4. The van der Waals surface area contributed by atoms with Crippen molar-refractivity contribution in [3.63, 3.8) is 0 Å². The third-order valence-corrected chi connectivity index (χ3v) is 4.58. The lowest BCUT2D eigenvalue weighted by molar-refractivity contribution is -0.791. The maximum atomic E-state index is 12.8. The summed E-state index contributed by atoms with van der Waals surface area (Å²) in [5.74, 6) is -0.0355. The highest BCUT2D eigenvalue weighted by Gasteiger charge is 2.57. The van der Waals surface area contributed by atoms with Crippen molar-refractivity contribution in [1.82, 2.24) is 5.27 Å². The molecule has 3 aromatic rings. The van der Waals surface area contributed by atoms with E-state index < -0.39 is 17.8 Å². The van der Waals surface area contributed by atoms with E-state index in [1.54, 1.807) is 4.68 Å². The number of nitrogens with zero attached hydrogens (tertiary/aromatic N) is 3. The van der Waals surface area contributed by atoms with E-state index in [1.165, 1.54) is 18.3 Å². The van der Waals surface area contributed by atoms with Gasteiger partial charge >= 0.3 is 12.1 Å². The first-order valence-corrected chi connectivity index (χ1v) is 8.51. The summed E-state index contributed by atoms with van der Waals surface area (Å²) in [5, 5.41) is 18.3. The Morgan fingerprint density at radius 2 is 1.89 bits per heavy atom. The predicted octanol–water partition coefficient (Wildman–Crippen LogP) is 2.98. The number of aromatic nitrogens is 2. The summed E-state index contributed by atoms with van der Waals surface area (Å²) in [6.07, 6.45) is -1.23. The Hall–Kier alpha value is -3.36. The molecule has 4 rings (SSSR count). The molecule has 0 unspecified atom stereocenters. The van der Waals surface area contributed by atoms with Gasteiger partial charge in [0.15, 0.2) is 0 Å². The average molecular weight is 388 g/mol. The second-order valence-corrected chi connectivity index (χ2v) is 6.50. The molecule has 144 valence electrons. The van der Waals surface area contributed by atoms with Gasteiger partial charge in [0.2, 0.25) is 10.8 Å². The summed E-state index contributed by atoms with van der Waals surface area (Å²) in [7, 11) is 0. The molecular formula is C19H15F3N4O2. The Bertz CT molecular complexity index is 1010. The lowest BCUT2D eigenvalue weighted by Crippen LogP contribution is -2.48. The summed E-state index contributed by atoms with van der Waals surface area (Å²) in [6, 6.07) is 13.2. The zero-order chi connectivity index (χ0) is 19.8. The summed E-state index contributed by atoms with van der Waals surface area (Å²) in [4.78, 5) is 3.72. The fourth-order valence-electron chi connectivity index (χ4n) is 3.03. The lowest BCUT2D eigenvalue weighted by atomic mass is 10.1. The van der Waals surface area contributed by atoms with E-state index in [9.17, 15) is 18.3 Å². The number of anilines is 1. The fraction of sp³-hybridized carbons (Fsp3) is 0.211. The number of hydrogen-bond donors (Lipinski definition) is 1. The first kappa shape index (κ1) is 18.0. The van der Waals surface area contributed by atoms with Crippen LogP contribution in [0, 0.1) is 0 Å². The minimum atomic E-state index is -4.50. The Balaban J connectivity index is 1.51. The van der Waals surface area contributed by atoms with Crippen LogP contribution in [0.2, 0.25) is 0 Å². The van der Waals surface area contributed by atoms with E-state index in [0.717, 1.165) is 30.5 Å². The van der Waals surface area contributed by atoms with Crippen molar-refractivity contribution < 1.29 is 27.5 Å². The van der Waals surface area contributed by atoms with Crippen LogP contribution in [-0.4, -0.2) is 11.3 Å². The molecule has 1 aliphatic rings. The van der Waals surface area contributed by atoms with Crippen LogP contribution in [0.1, 0.15) is 24.0 Å². The molecule has 0 saturated heterocycles. The number of rotatable bonds is 4. The average Bonchev–Trinajstić information content (AvgIpc) is 3.35. The van der Waals surface area contributed by atoms with Gasteiger partial charge in [-0.15, -0.1) is 0 Å². The summed E-state index contributed by atoms with van der Waals surface area (Å²) >= 11 is 0. The lowest BCUT2D eigenvalue weighted by Gasteiger charge is -2.14. The molecule has 0 aliphatic heterocycles. The fourth-order valence-corrected chi connectivity index (χ4v) is 3.03. The minimum absolute atomic E-state index is 0.0149. The van der Waals surface area contributed by atoms with Gasteiger partial charge in [0.1, 0.15) is 0 Å². The maximum Gasteiger partial charge on any atom is 0.416 e. The van der Waals surface area contributed by atoms with Crippen LogP contribution in [0.25, 0.3) is 0 Å². The van der Waals surface area contributed by atoms with Crippen molar-refractivity contribution >= 4 is 17.6 Å². The molecule has 0 bridgehead atoms. The van der Waals surface area contributed by atoms with Crippen molar-refractivity contribution in [3.8, 4) is 0 Å². The van der Waals surface area contributed by atoms with Crippen molar-refractivity contribution in [1.29, 1.82) is 0 Å². The van der Waals surface area contributed by atoms with Crippen LogP contribution in [0.4, 0.5) is 24.7 Å². The van der Waals surface area contributed by atoms with Crippen LogP contribution < -0.4 is 15.1 Å². The van der Waals surface area contributed by atoms with Gasteiger partial charge < -0.3 is 10.4 Å². The smallest absolute Gasteiger partial charge is 0.416 e. The van der Waals surface area contributed by atoms with E-state index >= 15 is 0 Å². The van der Waals surface area contributed by atoms with Gasteiger partial charge in [-0.2, -0.15) is 13.2 Å². The van der Waals surface area contributed by atoms with Crippen molar-refractivity contribution in [2.24, 2.45) is 4.99 Å². The first-order valence-electron chi connectivity index (χ1n) is 8.51. The predicted molar refractivity (Wildman–Crippen MR) is 91.6 cm³/mol. The topological polar surface area (TPSA) is 77.4 Å². The number of benzene rings is 2. The zero-order valence-corrected chi connectivity index (χ0v) is 14.5. The molecule has 9 heteroatoms. The molecule has 1 N–H and O–H groups in total. The molecule has 1 heterocycles. The molecule has 0 radical (unpaired) electrons. The number of halogens is 3. The second-order valence-electron chi connectivity index (χ2n) is 6.50. The van der Waals surface area contributed by atoms with Gasteiger partial charge in [-0.05, 0) is 22.9 Å². The zero-order valence-electron chi connectivity index (χ0n) is 14.5. The number of aliphatic imine (C=N–C) groups is 1. The van der Waals surface area contributed by atoms with E-state index in [-0.39, 0.29) is 17.1 Å². The Morgan fingerprint density at radius 1 is 1.14 bits per heavy atom. The minimum Gasteiger partial charge on any atom is -0.846 e. The number of nitrogens with one attached hydrogen (secondary N) is 1. The van der Waals surface area contributed by atoms with Gasteiger partial charge in [0.25, 0.3) is 6.20 Å². The molecule has 1 aliphatic carbocycles. The van der Waals surface area contributed by atoms with Crippen LogP contribution in [-0.2, 0) is 11.7 Å². The van der Waals surface area contributed by atoms with Crippen molar-refractivity contribution in [3.05, 3.63) is 71.9 Å². The molecule has 0 atom stereocenters. The van der Waals surface area contributed by atoms with Crippen LogP contribution >= 0.6 is 0 Å². The molecule has 28 heavy (non-hydrogen) atoms. The van der Waals surface area contributed by atoms with Gasteiger partial charge in [0.05, 0.1) is 11.6 Å². The quantitative estimate of drug-likeness (QED) is 0.424. The number of alkyl halides is 3. The Kier molecular flexibility index (Phi) is 4.29. The van der Waals surface area contributed by atoms with Crippen LogP contribution in [0.15, 0.2) is 70.3 Å². The second kappa shape index (κ2) is 6.66. The molecule has 1 saturated carbocycles. The van der Waals surface area contributed by atoms with E-state index in [4.69, 9.17) is 4.52 Å². The van der Waals surface area contributed by atoms with Gasteiger partial charge in [-0.1, -0.05) is 36.4 Å². The highest BCUT2D eigenvalue weighted by molar-refractivity contribution is 5.87. The molecular weight excluding hydrogens is 373 g/mol.